The predicted molar refractivity (Wildman–Crippen MR) is 67.1 cm³/mol. The number of H-pyrrole nitrogens is 1. The molecule has 92 valence electrons. The molecule has 0 bridgehead atoms. The number of nitrogens with zero attached hydrogens (tertiary/aromatic N) is 1. The highest BCUT2D eigenvalue weighted by atomic mass is 32.2. The van der Waals surface area contributed by atoms with Crippen molar-refractivity contribution in [3.8, 4) is 11.6 Å². The number of aromatic amines is 1. The lowest BCUT2D eigenvalue weighted by Crippen LogP contribution is -2.21. The van der Waals surface area contributed by atoms with Gasteiger partial charge in [0.1, 0.15) is 5.75 Å². The monoisotopic (exact) mass is 262 g/mol. The van der Waals surface area contributed by atoms with E-state index in [-0.39, 0.29) is 17.5 Å². The highest BCUT2D eigenvalue weighted by Gasteiger charge is 2.23. The van der Waals surface area contributed by atoms with Crippen molar-refractivity contribution in [2.24, 2.45) is 0 Å². The number of aromatic hydroxyl groups is 1. The number of hydrogen-bond donors (Lipinski definition) is 2. The molecular weight excluding hydrogens is 252 g/mol. The van der Waals surface area contributed by atoms with E-state index in [1.165, 1.54) is 0 Å². The average Bonchev–Trinajstić information content (AvgIpc) is 2.37. The van der Waals surface area contributed by atoms with Gasteiger partial charge >= 0.3 is 0 Å². The summed E-state index contributed by atoms with van der Waals surface area (Å²) in [5.41, 5.74) is -0.384. The molecule has 3 rings (SSSR count). The van der Waals surface area contributed by atoms with E-state index in [1.54, 1.807) is 11.8 Å². The van der Waals surface area contributed by atoms with Crippen LogP contribution in [-0.2, 0) is 0 Å². The lowest BCUT2D eigenvalue weighted by atomic mass is 10.3. The molecule has 0 amide bonds. The van der Waals surface area contributed by atoms with Gasteiger partial charge in [0.25, 0.3) is 5.56 Å². The Balaban J connectivity index is 1.94. The van der Waals surface area contributed by atoms with Gasteiger partial charge in [-0.05, 0) is 12.1 Å². The Morgan fingerprint density at radius 3 is 3.11 bits per heavy atom. The molecule has 0 radical (unpaired) electrons. The fraction of sp³-hybridized carbons (Fsp3) is 0.167. The zero-order valence-electron chi connectivity index (χ0n) is 9.29. The van der Waals surface area contributed by atoms with Crippen LogP contribution in [0.3, 0.4) is 0 Å². The molecule has 0 fully saturated rings. The molecule has 0 spiro atoms. The molecule has 1 aliphatic rings. The van der Waals surface area contributed by atoms with Crippen molar-refractivity contribution in [3.05, 3.63) is 46.5 Å². The second kappa shape index (κ2) is 4.38. The van der Waals surface area contributed by atoms with E-state index in [2.05, 4.69) is 9.97 Å². The van der Waals surface area contributed by atoms with Crippen LogP contribution in [0.5, 0.6) is 11.6 Å². The summed E-state index contributed by atoms with van der Waals surface area (Å²) >= 11 is 1.63. The van der Waals surface area contributed by atoms with Gasteiger partial charge in [-0.2, -0.15) is 4.98 Å². The topological polar surface area (TPSA) is 75.2 Å². The molecule has 2 aromatic rings. The SMILES string of the molecule is O=c1cc(O)nc(C2CSc3ccccc3O2)[nH]1. The number of ether oxygens (including phenoxy) is 1. The summed E-state index contributed by atoms with van der Waals surface area (Å²) in [6.45, 7) is 0. The molecular formula is C12H10N2O3S. The number of thioether (sulfide) groups is 1. The molecule has 1 aromatic carbocycles. The Morgan fingerprint density at radius 2 is 2.28 bits per heavy atom. The first kappa shape index (κ1) is 11.2. The summed E-state index contributed by atoms with van der Waals surface area (Å²) in [5, 5.41) is 9.33. The Kier molecular flexibility index (Phi) is 2.71. The fourth-order valence-electron chi connectivity index (χ4n) is 1.77. The Labute approximate surface area is 107 Å². The molecule has 5 nitrogen and oxygen atoms in total. The van der Waals surface area contributed by atoms with Crippen molar-refractivity contribution in [2.75, 3.05) is 5.75 Å². The zero-order chi connectivity index (χ0) is 12.5. The summed E-state index contributed by atoms with van der Waals surface area (Å²) in [6, 6.07) is 8.72. The van der Waals surface area contributed by atoms with Crippen molar-refractivity contribution < 1.29 is 9.84 Å². The first-order valence-electron chi connectivity index (χ1n) is 5.41. The molecule has 0 saturated heterocycles. The van der Waals surface area contributed by atoms with E-state index in [0.717, 1.165) is 16.7 Å². The van der Waals surface area contributed by atoms with Gasteiger partial charge in [0, 0.05) is 10.6 Å². The maximum atomic E-state index is 11.3. The number of hydrogen-bond acceptors (Lipinski definition) is 5. The third kappa shape index (κ3) is 2.06. The average molecular weight is 262 g/mol. The van der Waals surface area contributed by atoms with E-state index in [0.29, 0.717) is 11.6 Å². The lowest BCUT2D eigenvalue weighted by Gasteiger charge is -2.24. The first-order valence-corrected chi connectivity index (χ1v) is 6.39. The highest BCUT2D eigenvalue weighted by molar-refractivity contribution is 7.99. The quantitative estimate of drug-likeness (QED) is 0.818. The van der Waals surface area contributed by atoms with Gasteiger partial charge in [-0.15, -0.1) is 11.8 Å². The van der Waals surface area contributed by atoms with Gasteiger partial charge in [-0.3, -0.25) is 4.79 Å². The standard InChI is InChI=1S/C12H10N2O3S/c15-10-5-11(16)14-12(13-10)8-6-18-9-4-2-1-3-7(9)17-8/h1-5,8H,6H2,(H2,13,14,15,16). The van der Waals surface area contributed by atoms with E-state index in [4.69, 9.17) is 4.74 Å². The van der Waals surface area contributed by atoms with Crippen LogP contribution in [-0.4, -0.2) is 20.8 Å². The van der Waals surface area contributed by atoms with Gasteiger partial charge in [0.2, 0.25) is 5.88 Å². The second-order valence-corrected chi connectivity index (χ2v) is 4.91. The third-order valence-electron chi connectivity index (χ3n) is 2.56. The summed E-state index contributed by atoms with van der Waals surface area (Å²) in [7, 11) is 0. The minimum atomic E-state index is -0.384. The minimum Gasteiger partial charge on any atom is -0.493 e. The van der Waals surface area contributed by atoms with E-state index < -0.39 is 0 Å². The number of para-hydroxylation sites is 1. The molecule has 2 N–H and O–H groups in total. The predicted octanol–water partition coefficient (Wildman–Crippen LogP) is 1.70. The Hall–Kier alpha value is -1.95. The van der Waals surface area contributed by atoms with Crippen LogP contribution >= 0.6 is 11.8 Å². The zero-order valence-corrected chi connectivity index (χ0v) is 10.1. The highest BCUT2D eigenvalue weighted by Crippen LogP contribution is 2.39. The normalized spacial score (nSPS) is 17.9. The molecule has 0 aliphatic carbocycles. The molecule has 1 unspecified atom stereocenters. The number of nitrogens with one attached hydrogen (secondary N) is 1. The van der Waals surface area contributed by atoms with Crippen LogP contribution in [0.4, 0.5) is 0 Å². The maximum absolute atomic E-state index is 11.3. The minimum absolute atomic E-state index is 0.291. The lowest BCUT2D eigenvalue weighted by molar-refractivity contribution is 0.208. The number of benzene rings is 1. The van der Waals surface area contributed by atoms with E-state index >= 15 is 0 Å². The van der Waals surface area contributed by atoms with Crippen LogP contribution in [0.2, 0.25) is 0 Å². The summed E-state index contributed by atoms with van der Waals surface area (Å²) in [5.74, 6) is 1.47. The molecule has 2 heterocycles. The Morgan fingerprint density at radius 1 is 1.44 bits per heavy atom. The van der Waals surface area contributed by atoms with Crippen LogP contribution < -0.4 is 10.3 Å². The summed E-state index contributed by atoms with van der Waals surface area (Å²) in [4.78, 5) is 18.8. The van der Waals surface area contributed by atoms with Crippen molar-refractivity contribution in [3.63, 3.8) is 0 Å². The fourth-order valence-corrected chi connectivity index (χ4v) is 2.76. The van der Waals surface area contributed by atoms with Crippen LogP contribution in [0.15, 0.2) is 40.0 Å². The van der Waals surface area contributed by atoms with Gasteiger partial charge in [-0.1, -0.05) is 12.1 Å². The van der Waals surface area contributed by atoms with Gasteiger partial charge in [-0.25, -0.2) is 0 Å². The van der Waals surface area contributed by atoms with Crippen molar-refractivity contribution in [1.29, 1.82) is 0 Å². The third-order valence-corrected chi connectivity index (χ3v) is 3.68. The largest absolute Gasteiger partial charge is 0.493 e. The van der Waals surface area contributed by atoms with Crippen molar-refractivity contribution in [2.45, 2.75) is 11.0 Å². The van der Waals surface area contributed by atoms with Crippen LogP contribution in [0, 0.1) is 0 Å². The Bertz CT molecular complexity index is 641. The maximum Gasteiger partial charge on any atom is 0.254 e. The molecule has 1 atom stereocenters. The smallest absolute Gasteiger partial charge is 0.254 e. The molecule has 0 saturated carbocycles. The number of rotatable bonds is 1. The van der Waals surface area contributed by atoms with E-state index in [1.807, 2.05) is 24.3 Å². The van der Waals surface area contributed by atoms with E-state index in [9.17, 15) is 9.90 Å². The van der Waals surface area contributed by atoms with Gasteiger partial charge in [0.05, 0.1) is 6.07 Å². The second-order valence-electron chi connectivity index (χ2n) is 3.85. The van der Waals surface area contributed by atoms with Crippen molar-refractivity contribution in [1.82, 2.24) is 9.97 Å². The van der Waals surface area contributed by atoms with Crippen molar-refractivity contribution >= 4 is 11.8 Å². The summed E-state index contributed by atoms with van der Waals surface area (Å²) in [6.07, 6.45) is -0.357. The molecule has 18 heavy (non-hydrogen) atoms. The van der Waals surface area contributed by atoms with Crippen LogP contribution in [0.1, 0.15) is 11.9 Å². The molecule has 6 heteroatoms. The van der Waals surface area contributed by atoms with Gasteiger partial charge < -0.3 is 14.8 Å². The van der Waals surface area contributed by atoms with Gasteiger partial charge in [0.15, 0.2) is 11.9 Å². The molecule has 1 aliphatic heterocycles. The van der Waals surface area contributed by atoms with Crippen LogP contribution in [0.25, 0.3) is 0 Å². The first-order chi connectivity index (χ1) is 8.72. The number of fused-ring (bicyclic) bond motifs is 1. The summed E-state index contributed by atoms with van der Waals surface area (Å²) < 4.78 is 5.76. The number of aromatic nitrogens is 2. The molecule has 1 aromatic heterocycles.